The summed E-state index contributed by atoms with van der Waals surface area (Å²) in [4.78, 5) is 0.966. The number of allylic oxidation sites excluding steroid dienone is 4. The molecule has 0 radical (unpaired) electrons. The summed E-state index contributed by atoms with van der Waals surface area (Å²) < 4.78 is 0. The fraction of sp³-hybridized carbons (Fsp3) is 0.143. The van der Waals surface area contributed by atoms with Crippen LogP contribution in [-0.2, 0) is 0 Å². The first kappa shape index (κ1) is 6.78. The van der Waals surface area contributed by atoms with E-state index in [1.165, 1.54) is 0 Å². The predicted molar refractivity (Wildman–Crippen MR) is 48.1 cm³/mol. The van der Waals surface area contributed by atoms with Crippen molar-refractivity contribution in [2.45, 2.75) is 6.42 Å². The average Bonchev–Trinajstić information content (AvgIpc) is 1.88. The van der Waals surface area contributed by atoms with Crippen LogP contribution in [-0.4, -0.2) is 10.2 Å². The third-order valence-electron chi connectivity index (χ3n) is 1.12. The molecule has 1 rings (SSSR count). The lowest BCUT2D eigenvalue weighted by atomic mass is 10.1. The van der Waals surface area contributed by atoms with Crippen molar-refractivity contribution in [1.82, 2.24) is 0 Å². The Morgan fingerprint density at radius 2 is 2.33 bits per heavy atom. The second-order valence-corrected chi connectivity index (χ2v) is 2.62. The van der Waals surface area contributed by atoms with Gasteiger partial charge in [-0.2, -0.15) is 0 Å². The van der Waals surface area contributed by atoms with E-state index in [2.05, 4.69) is 0 Å². The van der Waals surface area contributed by atoms with Gasteiger partial charge in [-0.05, 0) is 11.6 Å². The van der Waals surface area contributed by atoms with Gasteiger partial charge in [0.25, 0.3) is 0 Å². The minimum absolute atomic E-state index is 0.843. The topological polar surface area (TPSA) is 0 Å². The average molecular weight is 154 g/mol. The van der Waals surface area contributed by atoms with Gasteiger partial charge in [-0.15, -0.1) is 0 Å². The molecule has 0 heterocycles. The van der Waals surface area contributed by atoms with E-state index in [1.54, 1.807) is 5.37 Å². The summed E-state index contributed by atoms with van der Waals surface area (Å²) in [6, 6.07) is 0. The summed E-state index contributed by atoms with van der Waals surface area (Å²) in [5.41, 5.74) is 1.14. The van der Waals surface area contributed by atoms with Crippen LogP contribution in [0.5, 0.6) is 0 Å². The SMILES string of the molecule is S=CC1=CC=CC(=S)C1. The van der Waals surface area contributed by atoms with Crippen molar-refractivity contribution in [2.75, 3.05) is 0 Å². The van der Waals surface area contributed by atoms with Gasteiger partial charge in [0.05, 0.1) is 0 Å². The fourth-order valence-corrected chi connectivity index (χ4v) is 1.09. The quantitative estimate of drug-likeness (QED) is 0.531. The van der Waals surface area contributed by atoms with Crippen molar-refractivity contribution in [3.63, 3.8) is 0 Å². The summed E-state index contributed by atoms with van der Waals surface area (Å²) in [6.07, 6.45) is 6.69. The predicted octanol–water partition coefficient (Wildman–Crippen LogP) is 2.24. The standard InChI is InChI=1S/C7H6S2/c8-5-6-2-1-3-7(9)4-6/h1-3,5H,4H2. The zero-order chi connectivity index (χ0) is 6.69. The van der Waals surface area contributed by atoms with Crippen molar-refractivity contribution < 1.29 is 0 Å². The molecule has 46 valence electrons. The summed E-state index contributed by atoms with van der Waals surface area (Å²) >= 11 is 9.69. The first-order chi connectivity index (χ1) is 4.33. The van der Waals surface area contributed by atoms with E-state index in [-0.39, 0.29) is 0 Å². The molecule has 0 aliphatic heterocycles. The van der Waals surface area contributed by atoms with E-state index in [0.29, 0.717) is 0 Å². The molecule has 1 aliphatic carbocycles. The van der Waals surface area contributed by atoms with Crippen LogP contribution >= 0.6 is 24.4 Å². The second kappa shape index (κ2) is 2.99. The first-order valence-electron chi connectivity index (χ1n) is 2.68. The summed E-state index contributed by atoms with van der Waals surface area (Å²) in [7, 11) is 0. The van der Waals surface area contributed by atoms with Gasteiger partial charge in [0, 0.05) is 16.7 Å². The molecule has 2 heteroatoms. The van der Waals surface area contributed by atoms with Gasteiger partial charge < -0.3 is 0 Å². The van der Waals surface area contributed by atoms with E-state index in [1.807, 2.05) is 18.2 Å². The van der Waals surface area contributed by atoms with Gasteiger partial charge in [-0.3, -0.25) is 0 Å². The molecule has 0 saturated carbocycles. The van der Waals surface area contributed by atoms with E-state index < -0.39 is 0 Å². The van der Waals surface area contributed by atoms with Crippen LogP contribution < -0.4 is 0 Å². The molecule has 0 unspecified atom stereocenters. The maximum atomic E-state index is 4.96. The minimum atomic E-state index is 0.843. The number of thiocarbonyl (C=S) groups is 2. The molecule has 0 aromatic heterocycles. The van der Waals surface area contributed by atoms with E-state index in [0.717, 1.165) is 16.9 Å². The van der Waals surface area contributed by atoms with Crippen molar-refractivity contribution in [3.05, 3.63) is 23.8 Å². The lowest BCUT2D eigenvalue weighted by molar-refractivity contribution is 1.44. The highest BCUT2D eigenvalue weighted by atomic mass is 32.1. The van der Waals surface area contributed by atoms with Crippen molar-refractivity contribution >= 4 is 34.7 Å². The van der Waals surface area contributed by atoms with Crippen molar-refractivity contribution in [2.24, 2.45) is 0 Å². The van der Waals surface area contributed by atoms with Crippen LogP contribution in [0.1, 0.15) is 6.42 Å². The van der Waals surface area contributed by atoms with E-state index >= 15 is 0 Å². The molecular weight excluding hydrogens is 148 g/mol. The molecule has 0 nitrogen and oxygen atoms in total. The molecule has 0 atom stereocenters. The summed E-state index contributed by atoms with van der Waals surface area (Å²) in [6.45, 7) is 0. The highest BCUT2D eigenvalue weighted by molar-refractivity contribution is 7.81. The lowest BCUT2D eigenvalue weighted by Gasteiger charge is -2.01. The second-order valence-electron chi connectivity index (χ2n) is 1.86. The van der Waals surface area contributed by atoms with Gasteiger partial charge in [0.2, 0.25) is 0 Å². The lowest BCUT2D eigenvalue weighted by Crippen LogP contribution is -1.96. The highest BCUT2D eigenvalue weighted by Gasteiger charge is 1.98. The van der Waals surface area contributed by atoms with Gasteiger partial charge in [0.15, 0.2) is 0 Å². The van der Waals surface area contributed by atoms with Gasteiger partial charge >= 0.3 is 0 Å². The number of hydrogen-bond acceptors (Lipinski definition) is 2. The molecule has 0 aromatic rings. The maximum Gasteiger partial charge on any atom is 0.0196 e. The molecule has 0 amide bonds. The van der Waals surface area contributed by atoms with Crippen LogP contribution in [0.2, 0.25) is 0 Å². The van der Waals surface area contributed by atoms with E-state index in [9.17, 15) is 0 Å². The largest absolute Gasteiger partial charge is 0.0884 e. The zero-order valence-electron chi connectivity index (χ0n) is 4.83. The summed E-state index contributed by atoms with van der Waals surface area (Å²) in [5.74, 6) is 0. The number of hydrogen-bond donors (Lipinski definition) is 0. The molecular formula is C7H6S2. The monoisotopic (exact) mass is 154 g/mol. The highest BCUT2D eigenvalue weighted by Crippen LogP contribution is 2.07. The van der Waals surface area contributed by atoms with Crippen LogP contribution in [0, 0.1) is 0 Å². The van der Waals surface area contributed by atoms with Gasteiger partial charge in [-0.1, -0.05) is 36.6 Å². The van der Waals surface area contributed by atoms with Crippen molar-refractivity contribution in [1.29, 1.82) is 0 Å². The van der Waals surface area contributed by atoms with E-state index in [4.69, 9.17) is 24.4 Å². The Labute approximate surface area is 65.3 Å². The molecule has 0 fully saturated rings. The Bertz CT molecular complexity index is 199. The van der Waals surface area contributed by atoms with Crippen LogP contribution in [0.25, 0.3) is 0 Å². The Morgan fingerprint density at radius 3 is 2.78 bits per heavy atom. The normalized spacial score (nSPS) is 17.3. The molecule has 0 bridgehead atoms. The third kappa shape index (κ3) is 1.80. The third-order valence-corrected chi connectivity index (χ3v) is 1.71. The minimum Gasteiger partial charge on any atom is -0.0884 e. The summed E-state index contributed by atoms with van der Waals surface area (Å²) in [5, 5.41) is 1.68. The Kier molecular flexibility index (Phi) is 2.25. The smallest absolute Gasteiger partial charge is 0.0196 e. The van der Waals surface area contributed by atoms with Gasteiger partial charge in [0.1, 0.15) is 0 Å². The molecule has 0 saturated heterocycles. The maximum absolute atomic E-state index is 4.96. The molecule has 1 aliphatic rings. The van der Waals surface area contributed by atoms with Crippen LogP contribution in [0.4, 0.5) is 0 Å². The molecule has 0 N–H and O–H groups in total. The Hall–Kier alpha value is -0.340. The van der Waals surface area contributed by atoms with Crippen molar-refractivity contribution in [3.8, 4) is 0 Å². The van der Waals surface area contributed by atoms with Gasteiger partial charge in [-0.25, -0.2) is 0 Å². The molecule has 0 spiro atoms. The molecule has 0 aromatic carbocycles. The fourth-order valence-electron chi connectivity index (χ4n) is 0.679. The molecule has 9 heavy (non-hydrogen) atoms. The van der Waals surface area contributed by atoms with Crippen LogP contribution in [0.3, 0.4) is 0 Å². The first-order valence-corrected chi connectivity index (χ1v) is 3.56. The Morgan fingerprint density at radius 1 is 1.56 bits per heavy atom. The van der Waals surface area contributed by atoms with Crippen LogP contribution in [0.15, 0.2) is 23.8 Å². The number of rotatable bonds is 1. The Balaban J connectivity index is 2.76. The zero-order valence-corrected chi connectivity index (χ0v) is 6.47.